The molecule has 1 N–H and O–H groups in total. The van der Waals surface area contributed by atoms with Crippen LogP contribution in [0.5, 0.6) is 11.5 Å². The van der Waals surface area contributed by atoms with Gasteiger partial charge in [-0.15, -0.1) is 0 Å². The number of hydrogen-bond donors (Lipinski definition) is 1. The molecule has 1 atom stereocenters. The van der Waals surface area contributed by atoms with Gasteiger partial charge in [-0.3, -0.25) is 4.79 Å². The van der Waals surface area contributed by atoms with E-state index in [4.69, 9.17) is 9.47 Å². The topological polar surface area (TPSA) is 50.8 Å². The van der Waals surface area contributed by atoms with E-state index in [9.17, 15) is 4.79 Å². The summed E-state index contributed by atoms with van der Waals surface area (Å²) in [5, 5.41) is 3.35. The standard InChI is InChI=1S/C18H28N2O3/c1-4-20(18(21)8-6-14-9-10-19-12-14)13-15-5-7-16(22-2)17(11-15)23-3/h5,7,11,14,19H,4,6,8-10,12-13H2,1-3H3. The van der Waals surface area contributed by atoms with Crippen LogP contribution in [0.15, 0.2) is 18.2 Å². The minimum absolute atomic E-state index is 0.231. The lowest BCUT2D eigenvalue weighted by atomic mass is 10.0. The second kappa shape index (κ2) is 8.77. The number of carbonyl (C=O) groups excluding carboxylic acids is 1. The highest BCUT2D eigenvalue weighted by Crippen LogP contribution is 2.28. The van der Waals surface area contributed by atoms with Gasteiger partial charge >= 0.3 is 0 Å². The number of nitrogens with one attached hydrogen (secondary N) is 1. The van der Waals surface area contributed by atoms with Gasteiger partial charge in [0.15, 0.2) is 11.5 Å². The number of ether oxygens (including phenoxy) is 2. The molecule has 1 aromatic rings. The molecular formula is C18H28N2O3. The molecule has 1 heterocycles. The summed E-state index contributed by atoms with van der Waals surface area (Å²) in [6.45, 7) is 5.49. The van der Waals surface area contributed by atoms with Crippen molar-refractivity contribution in [2.45, 2.75) is 32.7 Å². The number of hydrogen-bond acceptors (Lipinski definition) is 4. The van der Waals surface area contributed by atoms with Gasteiger partial charge in [0.1, 0.15) is 0 Å². The van der Waals surface area contributed by atoms with E-state index in [1.54, 1.807) is 14.2 Å². The van der Waals surface area contributed by atoms with Crippen LogP contribution in [0, 0.1) is 5.92 Å². The molecule has 2 rings (SSSR count). The van der Waals surface area contributed by atoms with Gasteiger partial charge in [-0.05, 0) is 56.5 Å². The molecule has 5 heteroatoms. The van der Waals surface area contributed by atoms with Crippen LogP contribution >= 0.6 is 0 Å². The fourth-order valence-electron chi connectivity index (χ4n) is 3.02. The highest BCUT2D eigenvalue weighted by atomic mass is 16.5. The zero-order valence-electron chi connectivity index (χ0n) is 14.4. The number of benzene rings is 1. The molecule has 0 aromatic heterocycles. The number of carbonyl (C=O) groups is 1. The van der Waals surface area contributed by atoms with E-state index in [0.29, 0.717) is 30.4 Å². The third kappa shape index (κ3) is 4.86. The van der Waals surface area contributed by atoms with E-state index in [0.717, 1.165) is 31.6 Å². The third-order valence-electron chi connectivity index (χ3n) is 4.48. The van der Waals surface area contributed by atoms with Crippen LogP contribution < -0.4 is 14.8 Å². The average molecular weight is 320 g/mol. The summed E-state index contributed by atoms with van der Waals surface area (Å²) in [5.74, 6) is 2.29. The molecule has 5 nitrogen and oxygen atoms in total. The van der Waals surface area contributed by atoms with E-state index < -0.39 is 0 Å². The Morgan fingerprint density at radius 3 is 2.70 bits per heavy atom. The molecule has 1 aliphatic rings. The highest BCUT2D eigenvalue weighted by molar-refractivity contribution is 5.76. The Labute approximate surface area is 139 Å². The number of methoxy groups -OCH3 is 2. The lowest BCUT2D eigenvalue weighted by Gasteiger charge is -2.22. The Balaban J connectivity index is 1.93. The molecule has 1 saturated heterocycles. The first-order valence-electron chi connectivity index (χ1n) is 8.37. The van der Waals surface area contributed by atoms with E-state index in [1.807, 2.05) is 30.0 Å². The van der Waals surface area contributed by atoms with Crippen molar-refractivity contribution in [3.8, 4) is 11.5 Å². The average Bonchev–Trinajstić information content (AvgIpc) is 3.10. The Bertz CT molecular complexity index is 513. The Morgan fingerprint density at radius 1 is 1.30 bits per heavy atom. The second-order valence-electron chi connectivity index (χ2n) is 5.99. The van der Waals surface area contributed by atoms with E-state index in [-0.39, 0.29) is 5.91 Å². The molecule has 0 bridgehead atoms. The lowest BCUT2D eigenvalue weighted by molar-refractivity contribution is -0.131. The van der Waals surface area contributed by atoms with Crippen molar-refractivity contribution in [3.63, 3.8) is 0 Å². The van der Waals surface area contributed by atoms with Crippen LogP contribution in [-0.4, -0.2) is 44.7 Å². The van der Waals surface area contributed by atoms with Gasteiger partial charge in [0, 0.05) is 19.5 Å². The fourth-order valence-corrected chi connectivity index (χ4v) is 3.02. The van der Waals surface area contributed by atoms with Crippen LogP contribution in [0.3, 0.4) is 0 Å². The van der Waals surface area contributed by atoms with Crippen LogP contribution in [0.4, 0.5) is 0 Å². The van der Waals surface area contributed by atoms with Crippen LogP contribution in [0.1, 0.15) is 31.7 Å². The molecule has 23 heavy (non-hydrogen) atoms. The van der Waals surface area contributed by atoms with Gasteiger partial charge in [0.2, 0.25) is 5.91 Å². The zero-order chi connectivity index (χ0) is 16.7. The predicted molar refractivity (Wildman–Crippen MR) is 90.8 cm³/mol. The molecule has 1 fully saturated rings. The number of nitrogens with zero attached hydrogens (tertiary/aromatic N) is 1. The summed E-state index contributed by atoms with van der Waals surface area (Å²) >= 11 is 0. The minimum atomic E-state index is 0.231. The van der Waals surface area contributed by atoms with Crippen LogP contribution in [-0.2, 0) is 11.3 Å². The molecule has 128 valence electrons. The summed E-state index contributed by atoms with van der Waals surface area (Å²) in [4.78, 5) is 14.4. The quantitative estimate of drug-likeness (QED) is 0.799. The van der Waals surface area contributed by atoms with Gasteiger partial charge < -0.3 is 19.7 Å². The Morgan fingerprint density at radius 2 is 2.09 bits per heavy atom. The predicted octanol–water partition coefficient (Wildman–Crippen LogP) is 2.44. The van der Waals surface area contributed by atoms with Gasteiger partial charge in [0.05, 0.1) is 14.2 Å². The Hall–Kier alpha value is -1.75. The molecule has 1 unspecified atom stereocenters. The summed E-state index contributed by atoms with van der Waals surface area (Å²) in [6.07, 6.45) is 2.80. The van der Waals surface area contributed by atoms with Crippen molar-refractivity contribution in [3.05, 3.63) is 23.8 Å². The third-order valence-corrected chi connectivity index (χ3v) is 4.48. The van der Waals surface area contributed by atoms with E-state index in [2.05, 4.69) is 5.32 Å². The van der Waals surface area contributed by atoms with Crippen LogP contribution in [0.25, 0.3) is 0 Å². The Kier molecular flexibility index (Phi) is 6.71. The van der Waals surface area contributed by atoms with Crippen molar-refractivity contribution in [2.24, 2.45) is 5.92 Å². The maximum Gasteiger partial charge on any atom is 0.222 e. The van der Waals surface area contributed by atoms with Gasteiger partial charge in [-0.1, -0.05) is 6.07 Å². The molecule has 0 saturated carbocycles. The summed E-state index contributed by atoms with van der Waals surface area (Å²) in [7, 11) is 3.25. The van der Waals surface area contributed by atoms with Crippen LogP contribution in [0.2, 0.25) is 0 Å². The molecular weight excluding hydrogens is 292 g/mol. The second-order valence-corrected chi connectivity index (χ2v) is 5.99. The van der Waals surface area contributed by atoms with Gasteiger partial charge in [0.25, 0.3) is 0 Å². The first kappa shape index (κ1) is 17.6. The first-order chi connectivity index (χ1) is 11.2. The number of amides is 1. The molecule has 1 aliphatic heterocycles. The van der Waals surface area contributed by atoms with Crippen molar-refractivity contribution < 1.29 is 14.3 Å². The largest absolute Gasteiger partial charge is 0.493 e. The van der Waals surface area contributed by atoms with Crippen molar-refractivity contribution in [1.82, 2.24) is 10.2 Å². The summed E-state index contributed by atoms with van der Waals surface area (Å²) < 4.78 is 10.6. The maximum absolute atomic E-state index is 12.5. The SMILES string of the molecule is CCN(Cc1ccc(OC)c(OC)c1)C(=O)CCC1CCNC1. The van der Waals surface area contributed by atoms with Crippen molar-refractivity contribution in [2.75, 3.05) is 33.9 Å². The molecule has 0 aliphatic carbocycles. The summed E-state index contributed by atoms with van der Waals surface area (Å²) in [5.41, 5.74) is 1.06. The minimum Gasteiger partial charge on any atom is -0.493 e. The first-order valence-corrected chi connectivity index (χ1v) is 8.37. The smallest absolute Gasteiger partial charge is 0.222 e. The van der Waals surface area contributed by atoms with Crippen molar-refractivity contribution in [1.29, 1.82) is 0 Å². The van der Waals surface area contributed by atoms with Gasteiger partial charge in [-0.2, -0.15) is 0 Å². The van der Waals surface area contributed by atoms with E-state index >= 15 is 0 Å². The van der Waals surface area contributed by atoms with Gasteiger partial charge in [-0.25, -0.2) is 0 Å². The molecule has 0 spiro atoms. The van der Waals surface area contributed by atoms with Crippen molar-refractivity contribution >= 4 is 5.91 Å². The number of rotatable bonds is 8. The fraction of sp³-hybridized carbons (Fsp3) is 0.611. The highest BCUT2D eigenvalue weighted by Gasteiger charge is 2.18. The lowest BCUT2D eigenvalue weighted by Crippen LogP contribution is -2.30. The molecule has 1 amide bonds. The monoisotopic (exact) mass is 320 g/mol. The molecule has 0 radical (unpaired) electrons. The zero-order valence-corrected chi connectivity index (χ0v) is 14.4. The molecule has 1 aromatic carbocycles. The maximum atomic E-state index is 12.5. The van der Waals surface area contributed by atoms with E-state index in [1.165, 1.54) is 6.42 Å². The summed E-state index contributed by atoms with van der Waals surface area (Å²) in [6, 6.07) is 5.81. The normalized spacial score (nSPS) is 17.1.